The second kappa shape index (κ2) is 13.2. The minimum atomic E-state index is -1.70. The third kappa shape index (κ3) is 6.34. The molecule has 8 nitrogen and oxygen atoms in total. The molecule has 1 aliphatic rings. The summed E-state index contributed by atoms with van der Waals surface area (Å²) in [5.74, 6) is -1.25. The van der Waals surface area contributed by atoms with E-state index < -0.39 is 28.0 Å². The molecule has 0 fully saturated rings. The van der Waals surface area contributed by atoms with Crippen LogP contribution in [-0.2, 0) is 20.7 Å². The fraction of sp³-hybridized carbons (Fsp3) is 0.267. The van der Waals surface area contributed by atoms with Gasteiger partial charge in [0.25, 0.3) is 4.93 Å². The zero-order chi connectivity index (χ0) is 29.7. The van der Waals surface area contributed by atoms with Gasteiger partial charge in [-0.3, -0.25) is 4.79 Å². The molecule has 0 spiro atoms. The predicted molar refractivity (Wildman–Crippen MR) is 158 cm³/mol. The van der Waals surface area contributed by atoms with Crippen LogP contribution >= 0.6 is 23.2 Å². The van der Waals surface area contributed by atoms with Crippen LogP contribution in [0.2, 0.25) is 10.0 Å². The average Bonchev–Trinajstić information content (AvgIpc) is 2.96. The number of hydrogen-bond acceptors (Lipinski definition) is 8. The smallest absolute Gasteiger partial charge is 0.345 e. The van der Waals surface area contributed by atoms with Crippen molar-refractivity contribution in [2.24, 2.45) is 0 Å². The fourth-order valence-electron chi connectivity index (χ4n) is 4.32. The van der Waals surface area contributed by atoms with Crippen LogP contribution in [0.25, 0.3) is 10.8 Å². The van der Waals surface area contributed by atoms with Crippen molar-refractivity contribution in [3.05, 3.63) is 76.3 Å². The van der Waals surface area contributed by atoms with Gasteiger partial charge in [-0.05, 0) is 50.3 Å². The standard InChI is InChI=1S/C30H28Cl2O8S/c1-5-37-27-25(39-18(3)33)21-13-11-20(41(35)30(36-4)14-8-7-9-15-30)17-23(21)26(28(27)38-6-2)40-29(34)22-12-10-19(31)16-24(22)32/h7-14,16-17H,5-6,15H2,1-4H3. The number of halogens is 2. The van der Waals surface area contributed by atoms with Crippen molar-refractivity contribution in [2.75, 3.05) is 20.3 Å². The molecule has 0 saturated carbocycles. The van der Waals surface area contributed by atoms with Crippen LogP contribution in [0.1, 0.15) is 37.6 Å². The molecule has 0 bridgehead atoms. The van der Waals surface area contributed by atoms with Crippen LogP contribution in [0.4, 0.5) is 0 Å². The van der Waals surface area contributed by atoms with Gasteiger partial charge in [-0.25, -0.2) is 4.79 Å². The third-order valence-corrected chi connectivity index (χ3v) is 8.47. The van der Waals surface area contributed by atoms with Crippen LogP contribution in [0.5, 0.6) is 23.0 Å². The van der Waals surface area contributed by atoms with E-state index in [2.05, 4.69) is 0 Å². The molecule has 0 radical (unpaired) electrons. The molecule has 0 N–H and O–H groups in total. The Balaban J connectivity index is 1.99. The molecule has 0 aromatic heterocycles. The summed E-state index contributed by atoms with van der Waals surface area (Å²) < 4.78 is 42.9. The Morgan fingerprint density at radius 3 is 2.17 bits per heavy atom. The highest BCUT2D eigenvalue weighted by molar-refractivity contribution is 7.92. The number of benzene rings is 3. The summed E-state index contributed by atoms with van der Waals surface area (Å²) in [6.07, 6.45) is 7.61. The minimum absolute atomic E-state index is 0.0263. The Labute approximate surface area is 250 Å². The quantitative estimate of drug-likeness (QED) is 0.135. The van der Waals surface area contributed by atoms with Gasteiger partial charge in [0.15, 0.2) is 16.4 Å². The third-order valence-electron chi connectivity index (χ3n) is 6.14. The highest BCUT2D eigenvalue weighted by Crippen LogP contribution is 2.52. The number of methoxy groups -OCH3 is 1. The zero-order valence-electron chi connectivity index (χ0n) is 22.8. The number of carbonyl (C=O) groups is 2. The van der Waals surface area contributed by atoms with Crippen molar-refractivity contribution in [1.29, 1.82) is 0 Å². The lowest BCUT2D eigenvalue weighted by Gasteiger charge is -2.31. The van der Waals surface area contributed by atoms with Gasteiger partial charge in [0, 0.05) is 53.5 Å². The van der Waals surface area contributed by atoms with Gasteiger partial charge in [-0.2, -0.15) is 0 Å². The van der Waals surface area contributed by atoms with Crippen molar-refractivity contribution in [2.45, 2.75) is 37.0 Å². The first-order valence-corrected chi connectivity index (χ1v) is 14.6. The van der Waals surface area contributed by atoms with Crippen LogP contribution in [-0.4, -0.2) is 41.7 Å². The van der Waals surface area contributed by atoms with E-state index in [0.717, 1.165) is 0 Å². The number of allylic oxidation sites excluding steroid dienone is 2. The van der Waals surface area contributed by atoms with Crippen molar-refractivity contribution < 1.29 is 37.8 Å². The normalized spacial score (nSPS) is 16.9. The predicted octanol–water partition coefficient (Wildman–Crippen LogP) is 7.05. The zero-order valence-corrected chi connectivity index (χ0v) is 25.2. The molecular weight excluding hydrogens is 591 g/mol. The molecule has 11 heteroatoms. The molecule has 0 heterocycles. The molecular formula is C30H28Cl2O8S. The Morgan fingerprint density at radius 1 is 0.927 bits per heavy atom. The molecule has 2 unspecified atom stereocenters. The molecule has 3 aromatic rings. The van der Waals surface area contributed by atoms with Crippen LogP contribution in [0, 0.1) is 0 Å². The number of esters is 2. The van der Waals surface area contributed by atoms with E-state index in [1.54, 1.807) is 44.2 Å². The number of hydrogen-bond donors (Lipinski definition) is 0. The summed E-state index contributed by atoms with van der Waals surface area (Å²) in [5, 5.41) is 1.09. The van der Waals surface area contributed by atoms with E-state index in [4.69, 9.17) is 46.9 Å². The van der Waals surface area contributed by atoms with Gasteiger partial charge < -0.3 is 28.2 Å². The molecule has 2 atom stereocenters. The molecule has 3 aromatic carbocycles. The topological polar surface area (TPSA) is 103 Å². The fourth-order valence-corrected chi connectivity index (χ4v) is 6.22. The summed E-state index contributed by atoms with van der Waals surface area (Å²) in [5.41, 5.74) is 0.0610. The average molecular weight is 620 g/mol. The molecule has 0 aliphatic heterocycles. The number of fused-ring (bicyclic) bond motifs is 1. The molecule has 41 heavy (non-hydrogen) atoms. The van der Waals surface area contributed by atoms with Crippen molar-refractivity contribution in [3.8, 4) is 23.0 Å². The van der Waals surface area contributed by atoms with Crippen LogP contribution in [0.3, 0.4) is 0 Å². The highest BCUT2D eigenvalue weighted by atomic mass is 35.5. The van der Waals surface area contributed by atoms with Gasteiger partial charge in [0.1, 0.15) is 0 Å². The van der Waals surface area contributed by atoms with Gasteiger partial charge in [-0.15, -0.1) is 0 Å². The maximum absolute atomic E-state index is 13.9. The second-order valence-corrected chi connectivity index (χ2v) is 11.3. The van der Waals surface area contributed by atoms with E-state index >= 15 is 0 Å². The summed E-state index contributed by atoms with van der Waals surface area (Å²) in [4.78, 5) is 24.8. The van der Waals surface area contributed by atoms with Crippen LogP contribution in [0.15, 0.2) is 65.6 Å². The van der Waals surface area contributed by atoms with Crippen molar-refractivity contribution >= 4 is 57.1 Å². The lowest BCUT2D eigenvalue weighted by Crippen LogP contribution is -2.39. The lowest BCUT2D eigenvalue weighted by atomic mass is 10.1. The van der Waals surface area contributed by atoms with Gasteiger partial charge in [-0.1, -0.05) is 41.4 Å². The van der Waals surface area contributed by atoms with E-state index in [1.165, 1.54) is 32.2 Å². The Bertz CT molecular complexity index is 1540. The SMILES string of the molecule is CCOc1c(OCC)c(OC(=O)c2ccc(Cl)cc2Cl)c2cc([S+]([O-])C3(OC)C=CC=CC3)ccc2c1OC(C)=O. The monoisotopic (exact) mass is 618 g/mol. The molecule has 4 rings (SSSR count). The highest BCUT2D eigenvalue weighted by Gasteiger charge is 2.42. The summed E-state index contributed by atoms with van der Waals surface area (Å²) in [6.45, 7) is 5.09. The Kier molecular flexibility index (Phi) is 9.88. The van der Waals surface area contributed by atoms with E-state index in [1.807, 2.05) is 12.2 Å². The van der Waals surface area contributed by atoms with Crippen molar-refractivity contribution in [3.63, 3.8) is 0 Å². The van der Waals surface area contributed by atoms with E-state index in [-0.39, 0.29) is 46.8 Å². The molecule has 1 aliphatic carbocycles. The first kappa shape index (κ1) is 30.7. The van der Waals surface area contributed by atoms with Gasteiger partial charge in [0.05, 0.1) is 23.8 Å². The Hall–Kier alpha value is -3.21. The summed E-state index contributed by atoms with van der Waals surface area (Å²) >= 11 is 10.6. The minimum Gasteiger partial charge on any atom is -0.609 e. The Morgan fingerprint density at radius 2 is 1.61 bits per heavy atom. The number of rotatable bonds is 10. The first-order valence-electron chi connectivity index (χ1n) is 12.7. The number of carbonyl (C=O) groups excluding carboxylic acids is 2. The summed E-state index contributed by atoms with van der Waals surface area (Å²) in [6, 6.07) is 9.23. The lowest BCUT2D eigenvalue weighted by molar-refractivity contribution is -0.131. The number of ether oxygens (including phenoxy) is 5. The maximum Gasteiger partial charge on any atom is 0.345 e. The van der Waals surface area contributed by atoms with Gasteiger partial charge in [0.2, 0.25) is 11.5 Å². The molecule has 0 amide bonds. The van der Waals surface area contributed by atoms with Gasteiger partial charge >= 0.3 is 11.9 Å². The molecule has 216 valence electrons. The van der Waals surface area contributed by atoms with Crippen LogP contribution < -0.4 is 18.9 Å². The largest absolute Gasteiger partial charge is 0.609 e. The first-order chi connectivity index (χ1) is 19.7. The van der Waals surface area contributed by atoms with E-state index in [9.17, 15) is 14.1 Å². The maximum atomic E-state index is 13.9. The van der Waals surface area contributed by atoms with E-state index in [0.29, 0.717) is 27.1 Å². The summed E-state index contributed by atoms with van der Waals surface area (Å²) in [7, 11) is 1.49. The van der Waals surface area contributed by atoms with Crippen molar-refractivity contribution in [1.82, 2.24) is 0 Å². The molecule has 0 saturated heterocycles. The second-order valence-electron chi connectivity index (χ2n) is 8.77.